The highest BCUT2D eigenvalue weighted by molar-refractivity contribution is 9.10. The first-order chi connectivity index (χ1) is 7.93. The van der Waals surface area contributed by atoms with Crippen LogP contribution >= 0.6 is 15.9 Å². The quantitative estimate of drug-likeness (QED) is 0.644. The van der Waals surface area contributed by atoms with E-state index in [9.17, 15) is 0 Å². The van der Waals surface area contributed by atoms with E-state index >= 15 is 0 Å². The Bertz CT molecular complexity index is 461. The molecule has 1 aromatic rings. The van der Waals surface area contributed by atoms with Crippen molar-refractivity contribution in [3.8, 4) is 0 Å². The van der Waals surface area contributed by atoms with Gasteiger partial charge in [0.25, 0.3) is 0 Å². The van der Waals surface area contributed by atoms with Crippen LogP contribution in [0.1, 0.15) is 24.8 Å². The van der Waals surface area contributed by atoms with Crippen LogP contribution in [-0.4, -0.2) is 0 Å². The summed E-state index contributed by atoms with van der Waals surface area (Å²) in [5, 5.41) is 0. The summed E-state index contributed by atoms with van der Waals surface area (Å²) >= 11 is 2.85. The zero-order valence-electron chi connectivity index (χ0n) is 13.4. The Hall–Kier alpha value is -0.300. The lowest BCUT2D eigenvalue weighted by molar-refractivity contribution is 1.14. The number of benzene rings is 1. The first kappa shape index (κ1) is 1.65. The van der Waals surface area contributed by atoms with Crippen LogP contribution in [0.4, 0.5) is 0 Å². The number of halogens is 1. The molecule has 0 bridgehead atoms. The van der Waals surface area contributed by atoms with Gasteiger partial charge in [-0.3, -0.25) is 0 Å². The van der Waals surface area contributed by atoms with E-state index < -0.39 is 43.0 Å². The van der Waals surface area contributed by atoms with Crippen LogP contribution in [0.15, 0.2) is 28.6 Å². The monoisotopic (exact) mass is 193 g/mol. The van der Waals surface area contributed by atoms with Crippen molar-refractivity contribution in [1.29, 1.82) is 0 Å². The Labute approximate surface area is 76.7 Å². The number of hydrogen-bond donors (Lipinski definition) is 0. The maximum absolute atomic E-state index is 7.60. The molecule has 0 aliphatic carbocycles. The summed E-state index contributed by atoms with van der Waals surface area (Å²) in [5.74, 6) is 0. The van der Waals surface area contributed by atoms with E-state index in [2.05, 4.69) is 15.9 Å². The van der Waals surface area contributed by atoms with Gasteiger partial charge in [-0.2, -0.15) is 0 Å². The number of hydrogen-bond acceptors (Lipinski definition) is 0. The van der Waals surface area contributed by atoms with Gasteiger partial charge in [0.15, 0.2) is 0 Å². The molecule has 0 atom stereocenters. The molecule has 0 radical (unpaired) electrons. The van der Waals surface area contributed by atoms with Gasteiger partial charge in [0.1, 0.15) is 0 Å². The van der Waals surface area contributed by atoms with Crippen LogP contribution in [0, 0.1) is 0 Å². The van der Waals surface area contributed by atoms with Gasteiger partial charge in [-0.1, -0.05) is 34.9 Å². The third kappa shape index (κ3) is 1.83. The molecule has 48 valence electrons. The van der Waals surface area contributed by atoms with Crippen molar-refractivity contribution in [1.82, 2.24) is 0 Å². The Balaban J connectivity index is 3.72. The van der Waals surface area contributed by atoms with Gasteiger partial charge in [-0.15, -0.1) is 0 Å². The Morgan fingerprint density at radius 3 is 2.89 bits per heavy atom. The van der Waals surface area contributed by atoms with Crippen LogP contribution in [-0.2, 0) is 6.37 Å². The smallest absolute Gasteiger partial charge is 0.0613 e. The highest BCUT2D eigenvalue weighted by Crippen LogP contribution is 2.10. The van der Waals surface area contributed by atoms with Gasteiger partial charge in [0.05, 0.1) is 5.48 Å². The minimum Gasteiger partial charge on any atom is -0.0613 e. The zero-order valence-corrected chi connectivity index (χ0v) is 5.96. The molecule has 0 heterocycles. The molecule has 0 saturated carbocycles. The van der Waals surface area contributed by atoms with Gasteiger partial charge in [-0.25, -0.2) is 0 Å². The molecule has 0 aliphatic heterocycles. The molecule has 9 heavy (non-hydrogen) atoms. The molecule has 1 heteroatoms. The third-order valence-electron chi connectivity index (χ3n) is 0.719. The first-order valence-corrected chi connectivity index (χ1v) is 2.98. The molecule has 0 nitrogen and oxygen atoms in total. The number of rotatable bonds is 1. The highest BCUT2D eigenvalue weighted by Gasteiger charge is 1.86. The average molecular weight is 194 g/mol. The van der Waals surface area contributed by atoms with Crippen molar-refractivity contribution in [2.75, 3.05) is 0 Å². The van der Waals surface area contributed by atoms with Gasteiger partial charge < -0.3 is 0 Å². The maximum Gasteiger partial charge on any atom is 0.0635 e. The molecule has 0 fully saturated rings. The second-order valence-corrected chi connectivity index (χ2v) is 2.11. The lowest BCUT2D eigenvalue weighted by Crippen LogP contribution is -1.75. The Morgan fingerprint density at radius 2 is 2.33 bits per heavy atom. The van der Waals surface area contributed by atoms with E-state index in [-0.39, 0.29) is 4.47 Å². The average Bonchev–Trinajstić information content (AvgIpc) is 2.22. The lowest BCUT2D eigenvalue weighted by Gasteiger charge is -1.93. The summed E-state index contributed by atoms with van der Waals surface area (Å²) in [4.78, 5) is 0. The second-order valence-electron chi connectivity index (χ2n) is 1.31. The fraction of sp³-hybridized carbons (Fsp3) is 0.250. The summed E-state index contributed by atoms with van der Waals surface area (Å²) in [6, 6.07) is -2.38. The van der Waals surface area contributed by atoms with Crippen LogP contribution in [0.3, 0.4) is 0 Å². The van der Waals surface area contributed by atoms with Gasteiger partial charge in [-0.05, 0) is 24.0 Å². The van der Waals surface area contributed by atoms with Crippen molar-refractivity contribution in [2.24, 2.45) is 0 Å². The molecule has 0 amide bonds. The Morgan fingerprint density at radius 1 is 1.67 bits per heavy atom. The van der Waals surface area contributed by atoms with E-state index in [1.807, 2.05) is 0 Å². The summed E-state index contributed by atoms with van der Waals surface area (Å²) in [6.07, 6.45) is -2.95. The minimum atomic E-state index is -3.08. The minimum absolute atomic E-state index is 0.123. The summed E-state index contributed by atoms with van der Waals surface area (Å²) < 4.78 is 66.6. The van der Waals surface area contributed by atoms with E-state index in [1.54, 1.807) is 0 Å². The van der Waals surface area contributed by atoms with Crippen LogP contribution in [0.5, 0.6) is 0 Å². The fourth-order valence-electron chi connectivity index (χ4n) is 0.360. The van der Waals surface area contributed by atoms with Gasteiger partial charge in [0.2, 0.25) is 0 Å². The van der Waals surface area contributed by atoms with Crippen LogP contribution in [0.25, 0.3) is 0 Å². The summed E-state index contributed by atoms with van der Waals surface area (Å²) in [6.45, 7) is -3.08. The molecular weight excluding hydrogens is 176 g/mol. The lowest BCUT2D eigenvalue weighted by atomic mass is 10.2. The predicted octanol–water partition coefficient (Wildman–Crippen LogP) is 3.01. The van der Waals surface area contributed by atoms with E-state index in [4.69, 9.17) is 12.3 Å². The molecule has 0 aromatic heterocycles. The molecule has 1 aromatic carbocycles. The maximum atomic E-state index is 7.60. The summed E-state index contributed by atoms with van der Waals surface area (Å²) in [7, 11) is 0. The largest absolute Gasteiger partial charge is 0.0635 e. The SMILES string of the molecule is [2H]c1c([2H])c(C([2H])([2H])C([2H])([2H])[2H])c([2H])c([2H])c1Br. The van der Waals surface area contributed by atoms with E-state index in [0.29, 0.717) is 0 Å². The van der Waals surface area contributed by atoms with Crippen molar-refractivity contribution in [2.45, 2.75) is 13.2 Å². The van der Waals surface area contributed by atoms with E-state index in [1.165, 1.54) is 0 Å². The second kappa shape index (κ2) is 3.02. The topological polar surface area (TPSA) is 0 Å². The molecule has 0 saturated heterocycles. The first-order valence-electron chi connectivity index (χ1n) is 6.69. The fourth-order valence-corrected chi connectivity index (χ4v) is 0.558. The molecule has 0 aliphatic rings. The molecule has 0 unspecified atom stereocenters. The normalized spacial score (nSPS) is 27.0. The van der Waals surface area contributed by atoms with Crippen molar-refractivity contribution in [3.63, 3.8) is 0 Å². The molecule has 0 spiro atoms. The highest BCUT2D eigenvalue weighted by atomic mass is 79.9. The standard InChI is InChI=1S/C8H9Br/c1-2-7-3-5-8(9)6-4-7/h3-6H,2H2,1H3/i1D3,2D2,3D,4D,5D,6D. The zero-order chi connectivity index (χ0) is 14.5. The van der Waals surface area contributed by atoms with Gasteiger partial charge in [0, 0.05) is 11.3 Å². The van der Waals surface area contributed by atoms with Crippen molar-refractivity contribution in [3.05, 3.63) is 34.2 Å². The Kier molecular flexibility index (Phi) is 0.552. The van der Waals surface area contributed by atoms with Crippen molar-refractivity contribution >= 4 is 15.9 Å². The molecule has 1 rings (SSSR count). The third-order valence-corrected chi connectivity index (χ3v) is 1.12. The molecular formula is C8H9Br. The van der Waals surface area contributed by atoms with Crippen LogP contribution < -0.4 is 0 Å². The van der Waals surface area contributed by atoms with E-state index in [0.717, 1.165) is 0 Å². The van der Waals surface area contributed by atoms with Crippen molar-refractivity contribution < 1.29 is 12.3 Å². The predicted molar refractivity (Wildman–Crippen MR) is 43.5 cm³/mol. The van der Waals surface area contributed by atoms with Gasteiger partial charge >= 0.3 is 0 Å². The van der Waals surface area contributed by atoms with Crippen LogP contribution in [0.2, 0.25) is 0 Å². The summed E-state index contributed by atoms with van der Waals surface area (Å²) in [5.41, 5.74) is -0.749. The molecule has 0 N–H and O–H groups in total.